The number of alkyl halides is 1. The molecule has 0 N–H and O–H groups in total. The second-order valence-corrected chi connectivity index (χ2v) is 4.92. The van der Waals surface area contributed by atoms with Gasteiger partial charge < -0.3 is 0 Å². The monoisotopic (exact) mass is 268 g/mol. The molecule has 112 valence electrons. The van der Waals surface area contributed by atoms with E-state index in [2.05, 4.69) is 26.8 Å². The summed E-state index contributed by atoms with van der Waals surface area (Å²) >= 11 is 0. The van der Waals surface area contributed by atoms with Crippen molar-refractivity contribution >= 4 is 0 Å². The van der Waals surface area contributed by atoms with Gasteiger partial charge >= 0.3 is 0 Å². The molecule has 1 heteroatoms. The second-order valence-electron chi connectivity index (χ2n) is 4.92. The van der Waals surface area contributed by atoms with E-state index in [1.54, 1.807) is 13.8 Å². The Bertz CT molecular complexity index is 319. The third-order valence-electron chi connectivity index (χ3n) is 2.97. The van der Waals surface area contributed by atoms with E-state index in [-0.39, 0.29) is 0 Å². The lowest BCUT2D eigenvalue weighted by Crippen LogP contribution is -2.12. The quantitative estimate of drug-likeness (QED) is 0.579. The predicted molar refractivity (Wildman–Crippen MR) is 86.6 cm³/mol. The Hall–Kier alpha value is -0.850. The Labute approximate surface area is 120 Å². The van der Waals surface area contributed by atoms with Gasteiger partial charge in [0, 0.05) is 0 Å². The van der Waals surface area contributed by atoms with E-state index in [1.165, 1.54) is 18.4 Å². The number of aryl methyl sites for hydroxylation is 1. The van der Waals surface area contributed by atoms with Crippen molar-refractivity contribution in [2.45, 2.75) is 80.3 Å². The van der Waals surface area contributed by atoms with Gasteiger partial charge in [-0.05, 0) is 43.9 Å². The largest absolute Gasteiger partial charge is 0.239 e. The third kappa shape index (κ3) is 8.02. The number of unbranched alkanes of at least 4 members (excludes halogenated alkanes) is 1. The van der Waals surface area contributed by atoms with Crippen LogP contribution in [0, 0.1) is 6.92 Å². The molecule has 0 fully saturated rings. The molecule has 0 saturated carbocycles. The van der Waals surface area contributed by atoms with Gasteiger partial charge in [-0.25, -0.2) is 4.39 Å². The van der Waals surface area contributed by atoms with Crippen molar-refractivity contribution in [1.29, 1.82) is 0 Å². The molecule has 0 spiro atoms. The molecule has 19 heavy (non-hydrogen) atoms. The Morgan fingerprint density at radius 1 is 1.00 bits per heavy atom. The van der Waals surface area contributed by atoms with E-state index in [0.29, 0.717) is 0 Å². The summed E-state index contributed by atoms with van der Waals surface area (Å²) in [5.41, 5.74) is 1.92. The molecule has 0 aliphatic rings. The van der Waals surface area contributed by atoms with Crippen molar-refractivity contribution in [1.82, 2.24) is 0 Å². The molecular formula is C18H33F. The van der Waals surface area contributed by atoms with Crippen LogP contribution in [-0.4, -0.2) is 0 Å². The highest BCUT2D eigenvalue weighted by Gasteiger charge is 2.21. The Balaban J connectivity index is 0. The van der Waals surface area contributed by atoms with Gasteiger partial charge in [0.2, 0.25) is 0 Å². The zero-order valence-electron chi connectivity index (χ0n) is 14.2. The van der Waals surface area contributed by atoms with Crippen LogP contribution in [0.5, 0.6) is 0 Å². The first-order valence-electron chi connectivity index (χ1n) is 7.66. The summed E-state index contributed by atoms with van der Waals surface area (Å²) in [6.45, 7) is 15.7. The summed E-state index contributed by atoms with van der Waals surface area (Å²) < 4.78 is 13.7. The lowest BCUT2D eigenvalue weighted by molar-refractivity contribution is 0.220. The van der Waals surface area contributed by atoms with Crippen LogP contribution in [0.4, 0.5) is 4.39 Å². The molecule has 1 aromatic rings. The molecule has 0 amide bonds. The van der Waals surface area contributed by atoms with E-state index in [0.717, 1.165) is 17.5 Å². The van der Waals surface area contributed by atoms with Crippen LogP contribution in [0.1, 0.15) is 78.0 Å². The van der Waals surface area contributed by atoms with Gasteiger partial charge in [-0.1, -0.05) is 65.7 Å². The Kier molecular flexibility index (Phi) is 11.9. The third-order valence-corrected chi connectivity index (χ3v) is 2.97. The highest BCUT2D eigenvalue weighted by molar-refractivity contribution is 5.37. The molecule has 0 unspecified atom stereocenters. The molecule has 1 rings (SSSR count). The van der Waals surface area contributed by atoms with Crippen LogP contribution in [0.3, 0.4) is 0 Å². The van der Waals surface area contributed by atoms with Crippen molar-refractivity contribution in [2.24, 2.45) is 0 Å². The maximum Gasteiger partial charge on any atom is 0.130 e. The number of benzene rings is 1. The van der Waals surface area contributed by atoms with Gasteiger partial charge in [-0.15, -0.1) is 0 Å². The van der Waals surface area contributed by atoms with E-state index in [9.17, 15) is 4.39 Å². The van der Waals surface area contributed by atoms with Crippen LogP contribution < -0.4 is 0 Å². The molecule has 0 atom stereocenters. The van der Waals surface area contributed by atoms with E-state index in [1.807, 2.05) is 32.9 Å². The molecule has 0 aliphatic carbocycles. The highest BCUT2D eigenvalue weighted by atomic mass is 19.1. The van der Waals surface area contributed by atoms with Crippen LogP contribution in [0.15, 0.2) is 18.2 Å². The molecule has 0 saturated heterocycles. The first-order chi connectivity index (χ1) is 8.88. The zero-order chi connectivity index (χ0) is 15.5. The average molecular weight is 268 g/mol. The summed E-state index contributed by atoms with van der Waals surface area (Å²) in [5, 5.41) is 0. The summed E-state index contributed by atoms with van der Waals surface area (Å²) in [7, 11) is 0. The van der Waals surface area contributed by atoms with Crippen LogP contribution >= 0.6 is 0 Å². The van der Waals surface area contributed by atoms with Crippen molar-refractivity contribution in [3.63, 3.8) is 0 Å². The van der Waals surface area contributed by atoms with Crippen LogP contribution in [-0.2, 0) is 12.1 Å². The van der Waals surface area contributed by atoms with Gasteiger partial charge in [0.25, 0.3) is 0 Å². The molecule has 0 aromatic heterocycles. The summed E-state index contributed by atoms with van der Waals surface area (Å²) in [6, 6.07) is 5.86. The van der Waals surface area contributed by atoms with E-state index in [4.69, 9.17) is 0 Å². The topological polar surface area (TPSA) is 0 Å². The Morgan fingerprint density at radius 2 is 1.47 bits per heavy atom. The lowest BCUT2D eigenvalue weighted by Gasteiger charge is -2.19. The first kappa shape index (κ1) is 20.5. The molecule has 0 heterocycles. The first-order valence-corrected chi connectivity index (χ1v) is 7.66. The zero-order valence-corrected chi connectivity index (χ0v) is 14.2. The minimum atomic E-state index is -1.23. The Morgan fingerprint density at radius 3 is 1.79 bits per heavy atom. The minimum Gasteiger partial charge on any atom is -0.239 e. The molecule has 0 nitrogen and oxygen atoms in total. The van der Waals surface area contributed by atoms with Crippen molar-refractivity contribution in [3.8, 4) is 0 Å². The molecule has 1 aromatic carbocycles. The molecule has 0 radical (unpaired) electrons. The maximum atomic E-state index is 13.7. The highest BCUT2D eigenvalue weighted by Crippen LogP contribution is 2.29. The summed E-state index contributed by atoms with van der Waals surface area (Å²) in [4.78, 5) is 0. The summed E-state index contributed by atoms with van der Waals surface area (Å²) in [6.07, 6.45) is 3.61. The average Bonchev–Trinajstić information content (AvgIpc) is 2.40. The second kappa shape index (κ2) is 11.0. The number of rotatable bonds is 3. The van der Waals surface area contributed by atoms with Crippen molar-refractivity contribution in [3.05, 3.63) is 34.9 Å². The molecule has 0 bridgehead atoms. The maximum absolute atomic E-state index is 13.7. The van der Waals surface area contributed by atoms with Gasteiger partial charge in [0.05, 0.1) is 0 Å². The van der Waals surface area contributed by atoms with Gasteiger partial charge in [0.1, 0.15) is 5.67 Å². The normalized spacial score (nSPS) is 9.95. The number of hydrogen-bond acceptors (Lipinski definition) is 0. The smallest absolute Gasteiger partial charge is 0.130 e. The lowest BCUT2D eigenvalue weighted by atomic mass is 9.91. The van der Waals surface area contributed by atoms with Crippen LogP contribution in [0.2, 0.25) is 0 Å². The molecular weight excluding hydrogens is 235 g/mol. The molecule has 0 aliphatic heterocycles. The predicted octanol–water partition coefficient (Wildman–Crippen LogP) is 6.59. The number of hydrogen-bond donors (Lipinski definition) is 0. The van der Waals surface area contributed by atoms with Crippen LogP contribution in [0.25, 0.3) is 0 Å². The number of halogens is 1. The van der Waals surface area contributed by atoms with E-state index >= 15 is 0 Å². The van der Waals surface area contributed by atoms with Gasteiger partial charge in [0.15, 0.2) is 0 Å². The minimum absolute atomic E-state index is 0.812. The van der Waals surface area contributed by atoms with E-state index < -0.39 is 5.67 Å². The fraction of sp³-hybridized carbons (Fsp3) is 0.667. The van der Waals surface area contributed by atoms with Gasteiger partial charge in [-0.3, -0.25) is 0 Å². The fourth-order valence-corrected chi connectivity index (χ4v) is 1.71. The SMILES string of the molecule is CC.CCCC.CCc1cccc(C(C)(C)F)c1C. The fourth-order valence-electron chi connectivity index (χ4n) is 1.71. The summed E-state index contributed by atoms with van der Waals surface area (Å²) in [5.74, 6) is 0. The standard InChI is InChI=1S/C12H17F.C4H10.C2H6/c1-5-10-7-6-8-11(9(10)2)12(3,4)13;1-3-4-2;1-2/h6-8H,5H2,1-4H3;3-4H2,1-2H3;1-2H3. The van der Waals surface area contributed by atoms with Gasteiger partial charge in [-0.2, -0.15) is 0 Å². The van der Waals surface area contributed by atoms with Crippen molar-refractivity contribution < 1.29 is 4.39 Å². The van der Waals surface area contributed by atoms with Crippen molar-refractivity contribution in [2.75, 3.05) is 0 Å².